The van der Waals surface area contributed by atoms with Crippen molar-refractivity contribution in [1.82, 2.24) is 64.3 Å². The quantitative estimate of drug-likeness (QED) is 0.0266. The second kappa shape index (κ2) is 52.4. The molecule has 7 amide bonds. The number of aromatic hydroxyl groups is 2. The molecule has 42 heteroatoms. The molecular formula is C75H105I2N13O27. The minimum absolute atomic E-state index is 0. The SMILES string of the molecule is C.O=C(O)CN1CCN(CC(=O)O)CCN(CC(=O)CCCN(CC(=O)CCC(=O)NCCN2C(=O)C=CC2=O)C(=O)Cc2ccc(O)c(I)c2)CCN(CC(=O)O)CC1.O=C(O)CN1CCN(CC(=O)O)CCN(CC(=O)CCCN(CC(=O)CCC(=O)ON2C(=O)CCC2=O)C(=O)Cc2ccc(O)c(I)c2)CCN(CC(=O)O)CC1. The van der Waals surface area contributed by atoms with Crippen LogP contribution in [-0.2, 0) is 104 Å². The van der Waals surface area contributed by atoms with E-state index in [1.54, 1.807) is 58.6 Å². The van der Waals surface area contributed by atoms with E-state index >= 15 is 0 Å². The summed E-state index contributed by atoms with van der Waals surface area (Å²) in [6.45, 7) is 1.24. The lowest BCUT2D eigenvalue weighted by Gasteiger charge is -2.32. The average molecular weight is 1870 g/mol. The first-order valence-corrected chi connectivity index (χ1v) is 39.7. The molecule has 0 aromatic heterocycles. The van der Waals surface area contributed by atoms with Gasteiger partial charge in [-0.2, -0.15) is 0 Å². The molecule has 9 N–H and O–H groups in total. The normalized spacial score (nSPS) is 16.4. The largest absolute Gasteiger partial charge is 0.507 e. The van der Waals surface area contributed by atoms with E-state index < -0.39 is 108 Å². The lowest BCUT2D eigenvalue weighted by atomic mass is 10.1. The molecule has 0 spiro atoms. The minimum atomic E-state index is -1.07. The maximum absolute atomic E-state index is 13.5. The Bertz CT molecular complexity index is 3790. The molecule has 4 heterocycles. The maximum atomic E-state index is 13.5. The van der Waals surface area contributed by atoms with E-state index in [9.17, 15) is 127 Å². The van der Waals surface area contributed by atoms with Gasteiger partial charge in [-0.1, -0.05) is 19.6 Å². The number of halogens is 2. The molecule has 2 aromatic rings. The van der Waals surface area contributed by atoms with Gasteiger partial charge in [-0.15, -0.1) is 5.06 Å². The van der Waals surface area contributed by atoms with Gasteiger partial charge in [-0.25, -0.2) is 4.79 Å². The molecule has 0 saturated carbocycles. The third-order valence-corrected chi connectivity index (χ3v) is 20.5. The van der Waals surface area contributed by atoms with Crippen LogP contribution < -0.4 is 5.32 Å². The Labute approximate surface area is 702 Å². The molecule has 3 saturated heterocycles. The minimum Gasteiger partial charge on any atom is -0.507 e. The molecule has 0 radical (unpaired) electrons. The molecule has 646 valence electrons. The Balaban J connectivity index is 0.000000488. The molecule has 6 rings (SSSR count). The van der Waals surface area contributed by atoms with E-state index in [1.807, 2.05) is 50.1 Å². The standard InChI is InChI=1S/C38H52IN7O13.C36H49IN6O14.CH4/c39-30-20-27(3-5-31(30)49)21-35(53)45(23-29(48)4-6-32(50)40-9-11-46-33(51)7-8-34(46)52)10-1-2-28(47)22-41-12-14-42(24-36(54)55)16-18-44(26-38(58)59)19-17-43(15-13-41)25-37(56)57;37-28-18-25(3-5-29(28)46)19-32(49)42(21-27(45)4-8-36(56)57-43-30(47)6-7-31(43)48)9-1-2-26(44)20-38-10-12-39(22-33(50)51)14-16-41(24-35(54)55)17-15-40(13-11-38)23-34(52)53;/h3,5,7-8,20,49H,1-2,4,6,9-19,21-26H2,(H,40,50)(H,54,55)(H,56,57)(H,58,59);3,5,18,46H,1-2,4,6-17,19-24H2,(H,50,51)(H,52,53)(H,54,55);1H4. The topological polar surface area (TPSA) is 529 Å². The number of aliphatic carboxylic acids is 6. The van der Waals surface area contributed by atoms with Crippen molar-refractivity contribution in [3.63, 3.8) is 0 Å². The van der Waals surface area contributed by atoms with E-state index in [0.717, 1.165) is 17.1 Å². The van der Waals surface area contributed by atoms with Gasteiger partial charge in [-0.05, 0) is 93.4 Å². The van der Waals surface area contributed by atoms with Crippen LogP contribution in [0.25, 0.3) is 0 Å². The Kier molecular flexibility index (Phi) is 44.8. The summed E-state index contributed by atoms with van der Waals surface area (Å²) >= 11 is 3.84. The van der Waals surface area contributed by atoms with Gasteiger partial charge in [0.25, 0.3) is 23.6 Å². The summed E-state index contributed by atoms with van der Waals surface area (Å²) in [4.78, 5) is 242. The van der Waals surface area contributed by atoms with Crippen molar-refractivity contribution >= 4 is 151 Å². The van der Waals surface area contributed by atoms with E-state index in [0.29, 0.717) is 23.3 Å². The number of nitrogens with one attached hydrogen (secondary N) is 1. The molecule has 0 bridgehead atoms. The zero-order valence-corrected chi connectivity index (χ0v) is 68.6. The van der Waals surface area contributed by atoms with Crippen LogP contribution >= 0.6 is 45.2 Å². The van der Waals surface area contributed by atoms with E-state index in [-0.39, 0.29) is 291 Å². The van der Waals surface area contributed by atoms with Gasteiger partial charge >= 0.3 is 41.8 Å². The number of amides is 7. The van der Waals surface area contributed by atoms with Crippen LogP contribution in [0.2, 0.25) is 0 Å². The molecule has 3 fully saturated rings. The van der Waals surface area contributed by atoms with Crippen LogP contribution in [-0.4, -0.2) is 402 Å². The maximum Gasteiger partial charge on any atom is 0.333 e. The molecule has 0 atom stereocenters. The number of carboxylic acids is 6. The Morgan fingerprint density at radius 3 is 1.00 bits per heavy atom. The predicted molar refractivity (Wildman–Crippen MR) is 429 cm³/mol. The van der Waals surface area contributed by atoms with Gasteiger partial charge in [0.05, 0.1) is 91.9 Å². The van der Waals surface area contributed by atoms with Crippen molar-refractivity contribution in [1.29, 1.82) is 0 Å². The summed E-state index contributed by atoms with van der Waals surface area (Å²) in [5.41, 5.74) is 1.16. The number of phenolic OH excluding ortho intramolecular Hbond substituents is 2. The van der Waals surface area contributed by atoms with Gasteiger partial charge < -0.3 is 60.8 Å². The number of hydroxylamine groups is 2. The number of carbonyl (C=O) groups is 18. The van der Waals surface area contributed by atoms with Gasteiger partial charge in [-0.3, -0.25) is 126 Å². The van der Waals surface area contributed by atoms with Crippen LogP contribution in [0.15, 0.2) is 48.6 Å². The zero-order valence-electron chi connectivity index (χ0n) is 64.3. The monoisotopic (exact) mass is 1870 g/mol. The van der Waals surface area contributed by atoms with Crippen molar-refractivity contribution in [2.75, 3.05) is 196 Å². The van der Waals surface area contributed by atoms with Gasteiger partial charge in [0.1, 0.15) is 23.1 Å². The van der Waals surface area contributed by atoms with Crippen molar-refractivity contribution in [3.05, 3.63) is 66.8 Å². The summed E-state index contributed by atoms with van der Waals surface area (Å²) in [5, 5.41) is 79.4. The number of hydrogen-bond donors (Lipinski definition) is 9. The number of rotatable bonds is 42. The average Bonchev–Trinajstić information content (AvgIpc) is 1.64. The third-order valence-electron chi connectivity index (χ3n) is 18.8. The molecule has 0 unspecified atom stereocenters. The van der Waals surface area contributed by atoms with Crippen molar-refractivity contribution in [2.24, 2.45) is 0 Å². The van der Waals surface area contributed by atoms with E-state index in [1.165, 1.54) is 21.9 Å². The van der Waals surface area contributed by atoms with E-state index in [2.05, 4.69) is 5.32 Å². The number of carbonyl (C=O) groups excluding carboxylic acids is 12. The summed E-state index contributed by atoms with van der Waals surface area (Å²) in [7, 11) is 0. The number of carboxylic acid groups (broad SMARTS) is 6. The van der Waals surface area contributed by atoms with Crippen LogP contribution in [0.4, 0.5) is 0 Å². The fourth-order valence-electron chi connectivity index (χ4n) is 12.6. The smallest absolute Gasteiger partial charge is 0.333 e. The molecule has 40 nitrogen and oxygen atoms in total. The highest BCUT2D eigenvalue weighted by molar-refractivity contribution is 14.1. The van der Waals surface area contributed by atoms with Crippen LogP contribution in [0.5, 0.6) is 11.5 Å². The number of ketones is 4. The third kappa shape index (κ3) is 40.1. The predicted octanol–water partition coefficient (Wildman–Crippen LogP) is -1.63. The van der Waals surface area contributed by atoms with Crippen LogP contribution in [0.3, 0.4) is 0 Å². The Hall–Kier alpha value is -9.42. The highest BCUT2D eigenvalue weighted by atomic mass is 127. The highest BCUT2D eigenvalue weighted by Crippen LogP contribution is 2.23. The lowest BCUT2D eigenvalue weighted by molar-refractivity contribution is -0.197. The fraction of sp³-hybridized carbons (Fsp3) is 0.573. The van der Waals surface area contributed by atoms with Crippen molar-refractivity contribution in [3.8, 4) is 11.5 Å². The van der Waals surface area contributed by atoms with Gasteiger partial charge in [0.15, 0.2) is 11.6 Å². The summed E-state index contributed by atoms with van der Waals surface area (Å²) < 4.78 is 1.04. The molecular weight excluding hydrogens is 1770 g/mol. The summed E-state index contributed by atoms with van der Waals surface area (Å²) in [6, 6.07) is 9.30. The first kappa shape index (κ1) is 99.9. The van der Waals surface area contributed by atoms with E-state index in [4.69, 9.17) is 4.84 Å². The Morgan fingerprint density at radius 1 is 0.402 bits per heavy atom. The number of hydrogen-bond acceptors (Lipinski definition) is 29. The summed E-state index contributed by atoms with van der Waals surface area (Å²) in [6.07, 6.45) is 1.06. The number of imide groups is 2. The second-order valence-corrected chi connectivity index (χ2v) is 30.4. The number of nitrogens with zero attached hydrogens (tertiary/aromatic N) is 12. The van der Waals surface area contributed by atoms with Crippen molar-refractivity contribution < 1.29 is 132 Å². The summed E-state index contributed by atoms with van der Waals surface area (Å²) in [5.74, 6) is -12.3. The first-order chi connectivity index (χ1) is 55.0. The van der Waals surface area contributed by atoms with Gasteiger partial charge in [0, 0.05) is 188 Å². The van der Waals surface area contributed by atoms with Gasteiger partial charge in [0.2, 0.25) is 17.7 Å². The number of Topliss-reactive ketones (excluding diaryl/α,β-unsaturated/α-hetero) is 4. The molecule has 117 heavy (non-hydrogen) atoms. The molecule has 4 aliphatic rings. The molecule has 4 aliphatic heterocycles. The highest BCUT2D eigenvalue weighted by Gasteiger charge is 2.34. The number of benzene rings is 2. The zero-order chi connectivity index (χ0) is 85.6. The Morgan fingerprint density at radius 2 is 0.701 bits per heavy atom. The van der Waals surface area contributed by atoms with Crippen LogP contribution in [0.1, 0.15) is 82.8 Å². The number of phenols is 2. The van der Waals surface area contributed by atoms with Crippen LogP contribution in [0, 0.1) is 7.14 Å². The first-order valence-electron chi connectivity index (χ1n) is 37.5. The fourth-order valence-corrected chi connectivity index (χ4v) is 13.7. The molecule has 0 aliphatic carbocycles. The molecule has 2 aromatic carbocycles. The second-order valence-electron chi connectivity index (χ2n) is 28.0. The van der Waals surface area contributed by atoms with Crippen molar-refractivity contribution in [2.45, 2.75) is 84.5 Å². The lowest BCUT2D eigenvalue weighted by Crippen LogP contribution is -2.49.